The van der Waals surface area contributed by atoms with Gasteiger partial charge < -0.3 is 19.6 Å². The topological polar surface area (TPSA) is 71.7 Å². The second-order valence-corrected chi connectivity index (χ2v) is 5.97. The first-order valence-corrected chi connectivity index (χ1v) is 8.00. The SMILES string of the molecule is COc1ccc2c(c1)CCCC2(O)CNC(=O)C=Cc1ccco1. The number of aliphatic hydroxyl groups is 1. The van der Waals surface area contributed by atoms with E-state index in [0.717, 1.165) is 29.7 Å². The molecule has 3 rings (SSSR count). The van der Waals surface area contributed by atoms with E-state index in [4.69, 9.17) is 9.15 Å². The van der Waals surface area contributed by atoms with Crippen molar-refractivity contribution in [2.75, 3.05) is 13.7 Å². The van der Waals surface area contributed by atoms with Crippen molar-refractivity contribution in [3.63, 3.8) is 0 Å². The first-order chi connectivity index (χ1) is 11.6. The quantitative estimate of drug-likeness (QED) is 0.828. The maximum absolute atomic E-state index is 12.0. The summed E-state index contributed by atoms with van der Waals surface area (Å²) in [6.07, 6.45) is 6.94. The van der Waals surface area contributed by atoms with E-state index in [1.54, 1.807) is 31.6 Å². The number of hydrogen-bond donors (Lipinski definition) is 2. The first kappa shape index (κ1) is 16.3. The van der Waals surface area contributed by atoms with Gasteiger partial charge in [0.1, 0.15) is 17.1 Å². The molecule has 0 fully saturated rings. The minimum absolute atomic E-state index is 0.174. The van der Waals surface area contributed by atoms with Gasteiger partial charge in [0, 0.05) is 6.08 Å². The lowest BCUT2D eigenvalue weighted by Gasteiger charge is -2.34. The van der Waals surface area contributed by atoms with Gasteiger partial charge in [-0.3, -0.25) is 4.79 Å². The highest BCUT2D eigenvalue weighted by Gasteiger charge is 2.34. The largest absolute Gasteiger partial charge is 0.497 e. The highest BCUT2D eigenvalue weighted by Crippen LogP contribution is 2.36. The van der Waals surface area contributed by atoms with Crippen LogP contribution in [0, 0.1) is 0 Å². The molecule has 126 valence electrons. The van der Waals surface area contributed by atoms with Crippen LogP contribution in [0.1, 0.15) is 29.7 Å². The number of carbonyl (C=O) groups excluding carboxylic acids is 1. The molecule has 1 heterocycles. The van der Waals surface area contributed by atoms with E-state index in [1.165, 1.54) is 6.08 Å². The van der Waals surface area contributed by atoms with Gasteiger partial charge in [-0.1, -0.05) is 6.07 Å². The number of aryl methyl sites for hydroxylation is 1. The van der Waals surface area contributed by atoms with Gasteiger partial charge in [0.2, 0.25) is 5.91 Å². The number of fused-ring (bicyclic) bond motifs is 1. The van der Waals surface area contributed by atoms with Crippen molar-refractivity contribution in [2.45, 2.75) is 24.9 Å². The van der Waals surface area contributed by atoms with Crippen molar-refractivity contribution in [3.8, 4) is 5.75 Å². The summed E-state index contributed by atoms with van der Waals surface area (Å²) in [5, 5.41) is 13.8. The smallest absolute Gasteiger partial charge is 0.244 e. The standard InChI is InChI=1S/C19H21NO4/c1-23-16-6-8-17-14(12-16)4-2-10-19(17,22)13-20-18(21)9-7-15-5-3-11-24-15/h3,5-9,11-12,22H,2,4,10,13H2,1H3,(H,20,21). The summed E-state index contributed by atoms with van der Waals surface area (Å²) in [5.74, 6) is 1.13. The molecule has 0 spiro atoms. The van der Waals surface area contributed by atoms with Crippen LogP contribution in [0.2, 0.25) is 0 Å². The normalized spacial score (nSPS) is 19.9. The molecule has 1 unspecified atom stereocenters. The van der Waals surface area contributed by atoms with Crippen LogP contribution in [0.3, 0.4) is 0 Å². The van der Waals surface area contributed by atoms with Crippen LogP contribution in [-0.4, -0.2) is 24.7 Å². The lowest BCUT2D eigenvalue weighted by atomic mass is 9.79. The van der Waals surface area contributed by atoms with Crippen molar-refractivity contribution < 1.29 is 19.1 Å². The fourth-order valence-electron chi connectivity index (χ4n) is 3.08. The van der Waals surface area contributed by atoms with Crippen molar-refractivity contribution in [3.05, 3.63) is 59.6 Å². The van der Waals surface area contributed by atoms with Crippen LogP contribution in [0.15, 0.2) is 47.1 Å². The van der Waals surface area contributed by atoms with Crippen LogP contribution in [0.4, 0.5) is 0 Å². The number of ether oxygens (including phenoxy) is 1. The second kappa shape index (κ2) is 6.93. The summed E-state index contributed by atoms with van der Waals surface area (Å²) in [6, 6.07) is 9.21. The molecule has 1 atom stereocenters. The van der Waals surface area contributed by atoms with Crippen LogP contribution in [0.5, 0.6) is 5.75 Å². The summed E-state index contributed by atoms with van der Waals surface area (Å²) >= 11 is 0. The Balaban J connectivity index is 1.68. The van der Waals surface area contributed by atoms with Gasteiger partial charge in [0.05, 0.1) is 19.9 Å². The van der Waals surface area contributed by atoms with Gasteiger partial charge in [0.15, 0.2) is 0 Å². The Morgan fingerprint density at radius 2 is 2.33 bits per heavy atom. The molecular weight excluding hydrogens is 306 g/mol. The fraction of sp³-hybridized carbons (Fsp3) is 0.316. The maximum atomic E-state index is 12.0. The predicted molar refractivity (Wildman–Crippen MR) is 90.6 cm³/mol. The van der Waals surface area contributed by atoms with E-state index in [1.807, 2.05) is 18.2 Å². The maximum Gasteiger partial charge on any atom is 0.244 e. The Hall–Kier alpha value is -2.53. The van der Waals surface area contributed by atoms with Crippen LogP contribution >= 0.6 is 0 Å². The summed E-state index contributed by atoms with van der Waals surface area (Å²) in [7, 11) is 1.63. The zero-order chi connectivity index (χ0) is 17.0. The van der Waals surface area contributed by atoms with E-state index in [2.05, 4.69) is 5.32 Å². The molecule has 2 N–H and O–H groups in total. The third kappa shape index (κ3) is 3.51. The molecule has 1 aliphatic rings. The van der Waals surface area contributed by atoms with E-state index in [0.29, 0.717) is 12.2 Å². The molecule has 0 saturated carbocycles. The number of rotatable bonds is 5. The molecule has 0 saturated heterocycles. The molecule has 5 heteroatoms. The highest BCUT2D eigenvalue weighted by atomic mass is 16.5. The number of nitrogens with one attached hydrogen (secondary N) is 1. The summed E-state index contributed by atoms with van der Waals surface area (Å²) in [5.41, 5.74) is 0.891. The Bertz CT molecular complexity index is 736. The third-order valence-corrected chi connectivity index (χ3v) is 4.35. The number of benzene rings is 1. The Labute approximate surface area is 140 Å². The molecule has 2 aromatic rings. The molecule has 0 aliphatic heterocycles. The van der Waals surface area contributed by atoms with E-state index < -0.39 is 5.60 Å². The molecule has 1 amide bonds. The van der Waals surface area contributed by atoms with Gasteiger partial charge >= 0.3 is 0 Å². The monoisotopic (exact) mass is 327 g/mol. The van der Waals surface area contributed by atoms with E-state index in [9.17, 15) is 9.90 Å². The van der Waals surface area contributed by atoms with Crippen molar-refractivity contribution >= 4 is 12.0 Å². The van der Waals surface area contributed by atoms with Crippen molar-refractivity contribution in [1.29, 1.82) is 0 Å². The van der Waals surface area contributed by atoms with Crippen LogP contribution < -0.4 is 10.1 Å². The Morgan fingerprint density at radius 3 is 3.08 bits per heavy atom. The van der Waals surface area contributed by atoms with Gasteiger partial charge in [0.25, 0.3) is 0 Å². The molecule has 1 aromatic heterocycles. The van der Waals surface area contributed by atoms with Crippen LogP contribution in [0.25, 0.3) is 6.08 Å². The zero-order valence-corrected chi connectivity index (χ0v) is 13.6. The van der Waals surface area contributed by atoms with E-state index in [-0.39, 0.29) is 12.5 Å². The Kier molecular flexibility index (Phi) is 4.71. The second-order valence-electron chi connectivity index (χ2n) is 5.97. The van der Waals surface area contributed by atoms with Gasteiger partial charge in [-0.05, 0) is 60.7 Å². The molecule has 1 aliphatic carbocycles. The van der Waals surface area contributed by atoms with Gasteiger partial charge in [-0.2, -0.15) is 0 Å². The van der Waals surface area contributed by atoms with Crippen molar-refractivity contribution in [2.24, 2.45) is 0 Å². The van der Waals surface area contributed by atoms with E-state index >= 15 is 0 Å². The minimum atomic E-state index is -1.05. The average Bonchev–Trinajstić information content (AvgIpc) is 3.11. The Morgan fingerprint density at radius 1 is 1.46 bits per heavy atom. The zero-order valence-electron chi connectivity index (χ0n) is 13.6. The van der Waals surface area contributed by atoms with Gasteiger partial charge in [-0.15, -0.1) is 0 Å². The number of hydrogen-bond acceptors (Lipinski definition) is 4. The first-order valence-electron chi connectivity index (χ1n) is 8.00. The van der Waals surface area contributed by atoms with Gasteiger partial charge in [-0.25, -0.2) is 0 Å². The summed E-state index contributed by atoms with van der Waals surface area (Å²) in [6.45, 7) is 0.174. The minimum Gasteiger partial charge on any atom is -0.497 e. The predicted octanol–water partition coefficient (Wildman–Crippen LogP) is 2.64. The number of furan rings is 1. The summed E-state index contributed by atoms with van der Waals surface area (Å²) in [4.78, 5) is 12.0. The molecule has 5 nitrogen and oxygen atoms in total. The van der Waals surface area contributed by atoms with Crippen LogP contribution in [-0.2, 0) is 16.8 Å². The molecule has 1 aromatic carbocycles. The number of methoxy groups -OCH3 is 1. The average molecular weight is 327 g/mol. The third-order valence-electron chi connectivity index (χ3n) is 4.35. The molecule has 0 radical (unpaired) electrons. The number of carbonyl (C=O) groups is 1. The molecule has 24 heavy (non-hydrogen) atoms. The van der Waals surface area contributed by atoms with Crippen molar-refractivity contribution in [1.82, 2.24) is 5.32 Å². The lowest BCUT2D eigenvalue weighted by Crippen LogP contribution is -2.42. The lowest BCUT2D eigenvalue weighted by molar-refractivity contribution is -0.118. The summed E-state index contributed by atoms with van der Waals surface area (Å²) < 4.78 is 10.4. The fourth-order valence-corrected chi connectivity index (χ4v) is 3.08. The highest BCUT2D eigenvalue weighted by molar-refractivity contribution is 5.91. The number of amides is 1. The molecule has 0 bridgehead atoms. The molecular formula is C19H21NO4.